The summed E-state index contributed by atoms with van der Waals surface area (Å²) in [6.07, 6.45) is 3.18. The summed E-state index contributed by atoms with van der Waals surface area (Å²) in [6, 6.07) is 12.5. The van der Waals surface area contributed by atoms with E-state index in [1.807, 2.05) is 18.2 Å². The van der Waals surface area contributed by atoms with Crippen molar-refractivity contribution in [3.8, 4) is 0 Å². The van der Waals surface area contributed by atoms with Crippen LogP contribution >= 0.6 is 0 Å². The molecule has 1 aliphatic carbocycles. The third-order valence-corrected chi connectivity index (χ3v) is 3.86. The number of rotatable bonds is 4. The summed E-state index contributed by atoms with van der Waals surface area (Å²) in [5, 5.41) is 6.20. The number of hydrogen-bond donors (Lipinski definition) is 2. The first-order valence-corrected chi connectivity index (χ1v) is 7.24. The Morgan fingerprint density at radius 3 is 2.64 bits per heavy atom. The molecule has 22 heavy (non-hydrogen) atoms. The lowest BCUT2D eigenvalue weighted by molar-refractivity contribution is -0.111. The molecule has 2 aromatic rings. The average molecular weight is 296 g/mol. The lowest BCUT2D eigenvalue weighted by Gasteiger charge is -2.16. The zero-order valence-electron chi connectivity index (χ0n) is 12.1. The van der Waals surface area contributed by atoms with Crippen molar-refractivity contribution in [1.29, 1.82) is 0 Å². The van der Waals surface area contributed by atoms with Crippen LogP contribution in [0.15, 0.2) is 55.1 Å². The third-order valence-electron chi connectivity index (χ3n) is 3.86. The monoisotopic (exact) mass is 296 g/mol. The van der Waals surface area contributed by atoms with E-state index in [1.165, 1.54) is 29.3 Å². The van der Waals surface area contributed by atoms with Crippen molar-refractivity contribution < 1.29 is 9.18 Å². The zero-order chi connectivity index (χ0) is 15.5. The Balaban J connectivity index is 1.75. The van der Waals surface area contributed by atoms with Crippen molar-refractivity contribution >= 4 is 17.3 Å². The van der Waals surface area contributed by atoms with Crippen LogP contribution in [0.25, 0.3) is 0 Å². The van der Waals surface area contributed by atoms with Gasteiger partial charge in [0.25, 0.3) is 0 Å². The van der Waals surface area contributed by atoms with Gasteiger partial charge >= 0.3 is 0 Å². The summed E-state index contributed by atoms with van der Waals surface area (Å²) in [4.78, 5) is 11.3. The van der Waals surface area contributed by atoms with Gasteiger partial charge < -0.3 is 10.6 Å². The quantitative estimate of drug-likeness (QED) is 0.836. The number of nitrogens with one attached hydrogen (secondary N) is 2. The van der Waals surface area contributed by atoms with Crippen LogP contribution in [-0.4, -0.2) is 5.91 Å². The van der Waals surface area contributed by atoms with Crippen LogP contribution in [0, 0.1) is 5.82 Å². The first-order valence-electron chi connectivity index (χ1n) is 7.24. The maximum atomic E-state index is 12.9. The molecule has 2 N–H and O–H groups in total. The van der Waals surface area contributed by atoms with Crippen molar-refractivity contribution in [2.75, 3.05) is 10.6 Å². The predicted molar refractivity (Wildman–Crippen MR) is 86.4 cm³/mol. The molecule has 0 heterocycles. The molecule has 0 aromatic heterocycles. The summed E-state index contributed by atoms with van der Waals surface area (Å²) in [5.41, 5.74) is 4.14. The Hall–Kier alpha value is -2.62. The van der Waals surface area contributed by atoms with Gasteiger partial charge in [-0.1, -0.05) is 12.6 Å². The minimum atomic E-state index is -0.236. The zero-order valence-corrected chi connectivity index (χ0v) is 12.1. The fourth-order valence-corrected chi connectivity index (χ4v) is 2.79. The first kappa shape index (κ1) is 14.3. The van der Waals surface area contributed by atoms with E-state index in [-0.39, 0.29) is 17.8 Å². The van der Waals surface area contributed by atoms with Gasteiger partial charge in [0.1, 0.15) is 5.82 Å². The van der Waals surface area contributed by atoms with E-state index in [9.17, 15) is 9.18 Å². The summed E-state index contributed by atoms with van der Waals surface area (Å²) in [7, 11) is 0. The van der Waals surface area contributed by atoms with Crippen LogP contribution in [0.5, 0.6) is 0 Å². The molecule has 1 atom stereocenters. The van der Waals surface area contributed by atoms with Crippen molar-refractivity contribution in [2.24, 2.45) is 0 Å². The van der Waals surface area contributed by atoms with Gasteiger partial charge in [-0.3, -0.25) is 4.79 Å². The number of hydrogen-bond acceptors (Lipinski definition) is 2. The van der Waals surface area contributed by atoms with Crippen molar-refractivity contribution in [3.63, 3.8) is 0 Å². The SMILES string of the molecule is C=CC(=O)Nc1ccc2c(c1)CC[C@@H]2Nc1ccc(F)cc1. The van der Waals surface area contributed by atoms with Gasteiger partial charge in [0, 0.05) is 11.4 Å². The maximum absolute atomic E-state index is 12.9. The molecule has 2 aromatic carbocycles. The number of halogens is 1. The Morgan fingerprint density at radius 2 is 1.91 bits per heavy atom. The van der Waals surface area contributed by atoms with Crippen LogP contribution in [0.1, 0.15) is 23.6 Å². The summed E-state index contributed by atoms with van der Waals surface area (Å²) >= 11 is 0. The average Bonchev–Trinajstić information content (AvgIpc) is 2.92. The number of aryl methyl sites for hydroxylation is 1. The highest BCUT2D eigenvalue weighted by atomic mass is 19.1. The van der Waals surface area contributed by atoms with E-state index in [2.05, 4.69) is 17.2 Å². The molecule has 0 bridgehead atoms. The van der Waals surface area contributed by atoms with Gasteiger partial charge in [-0.2, -0.15) is 0 Å². The van der Waals surface area contributed by atoms with E-state index in [0.717, 1.165) is 24.2 Å². The molecule has 0 unspecified atom stereocenters. The smallest absolute Gasteiger partial charge is 0.247 e. The molecule has 0 spiro atoms. The van der Waals surface area contributed by atoms with Gasteiger partial charge in [0.05, 0.1) is 6.04 Å². The second-order valence-electron chi connectivity index (χ2n) is 5.35. The standard InChI is InChI=1S/C18H17FN2O/c1-2-18(22)21-15-8-9-16-12(11-15)3-10-17(16)20-14-6-4-13(19)5-7-14/h2,4-9,11,17,20H,1,3,10H2,(H,21,22)/t17-/m0/s1. The molecular weight excluding hydrogens is 279 g/mol. The highest BCUT2D eigenvalue weighted by Crippen LogP contribution is 2.35. The molecule has 1 amide bonds. The van der Waals surface area contributed by atoms with Crippen LogP contribution in [0.4, 0.5) is 15.8 Å². The molecule has 1 aliphatic rings. The summed E-state index contributed by atoms with van der Waals surface area (Å²) < 4.78 is 12.9. The topological polar surface area (TPSA) is 41.1 Å². The predicted octanol–water partition coefficient (Wildman–Crippen LogP) is 4.05. The number of benzene rings is 2. The van der Waals surface area contributed by atoms with E-state index >= 15 is 0 Å². The molecule has 4 heteroatoms. The largest absolute Gasteiger partial charge is 0.378 e. The number of carbonyl (C=O) groups is 1. The van der Waals surface area contributed by atoms with Crippen LogP contribution in [0.3, 0.4) is 0 Å². The molecule has 0 saturated carbocycles. The Kier molecular flexibility index (Phi) is 3.92. The van der Waals surface area contributed by atoms with Gasteiger partial charge in [-0.25, -0.2) is 4.39 Å². The number of fused-ring (bicyclic) bond motifs is 1. The Morgan fingerprint density at radius 1 is 1.18 bits per heavy atom. The van der Waals surface area contributed by atoms with E-state index in [4.69, 9.17) is 0 Å². The molecule has 3 nitrogen and oxygen atoms in total. The van der Waals surface area contributed by atoms with Crippen LogP contribution in [-0.2, 0) is 11.2 Å². The molecule has 3 rings (SSSR count). The normalized spacial score (nSPS) is 16.0. The molecule has 0 aliphatic heterocycles. The van der Waals surface area contributed by atoms with Gasteiger partial charge in [0.2, 0.25) is 5.91 Å². The second kappa shape index (κ2) is 6.02. The third kappa shape index (κ3) is 3.01. The van der Waals surface area contributed by atoms with E-state index in [1.54, 1.807) is 12.1 Å². The van der Waals surface area contributed by atoms with Crippen LogP contribution in [0.2, 0.25) is 0 Å². The van der Waals surface area contributed by atoms with E-state index < -0.39 is 0 Å². The molecule has 112 valence electrons. The highest BCUT2D eigenvalue weighted by molar-refractivity contribution is 5.98. The van der Waals surface area contributed by atoms with Gasteiger partial charge in [-0.05, 0) is 66.4 Å². The maximum Gasteiger partial charge on any atom is 0.247 e. The molecular formula is C18H17FN2O. The first-order chi connectivity index (χ1) is 10.7. The highest BCUT2D eigenvalue weighted by Gasteiger charge is 2.22. The lowest BCUT2D eigenvalue weighted by Crippen LogP contribution is -2.09. The van der Waals surface area contributed by atoms with Crippen molar-refractivity contribution in [2.45, 2.75) is 18.9 Å². The Bertz CT molecular complexity index is 710. The summed E-state index contributed by atoms with van der Waals surface area (Å²) in [5.74, 6) is -0.445. The van der Waals surface area contributed by atoms with E-state index in [0.29, 0.717) is 0 Å². The van der Waals surface area contributed by atoms with Gasteiger partial charge in [0.15, 0.2) is 0 Å². The fraction of sp³-hybridized carbons (Fsp3) is 0.167. The lowest BCUT2D eigenvalue weighted by atomic mass is 10.1. The van der Waals surface area contributed by atoms with Crippen molar-refractivity contribution in [3.05, 3.63) is 72.1 Å². The van der Waals surface area contributed by atoms with Gasteiger partial charge in [-0.15, -0.1) is 0 Å². The minimum absolute atomic E-state index is 0.209. The fourth-order valence-electron chi connectivity index (χ4n) is 2.79. The van der Waals surface area contributed by atoms with Crippen LogP contribution < -0.4 is 10.6 Å². The number of anilines is 2. The summed E-state index contributed by atoms with van der Waals surface area (Å²) in [6.45, 7) is 3.45. The molecule has 0 radical (unpaired) electrons. The Labute approximate surface area is 128 Å². The minimum Gasteiger partial charge on any atom is -0.378 e. The molecule has 0 saturated heterocycles. The number of carbonyl (C=O) groups excluding carboxylic acids is 1. The number of amides is 1. The molecule has 0 fully saturated rings. The van der Waals surface area contributed by atoms with Crippen molar-refractivity contribution in [1.82, 2.24) is 0 Å². The second-order valence-corrected chi connectivity index (χ2v) is 5.35.